The number of amides is 2. The minimum Gasteiger partial charge on any atom is -0.325 e. The number of aliphatic imine (C=N–C) groups is 1. The first-order valence-corrected chi connectivity index (χ1v) is 9.93. The molecule has 3 rings (SSSR count). The molecule has 1 aliphatic heterocycles. The molecule has 1 atom stereocenters. The zero-order valence-electron chi connectivity index (χ0n) is 13.2. The summed E-state index contributed by atoms with van der Waals surface area (Å²) in [5.41, 5.74) is 0.365. The molecule has 134 valence electrons. The summed E-state index contributed by atoms with van der Waals surface area (Å²) in [5.74, 6) is -0.521. The van der Waals surface area contributed by atoms with Crippen LogP contribution < -0.4 is 10.6 Å². The van der Waals surface area contributed by atoms with Gasteiger partial charge in [0.25, 0.3) is 0 Å². The number of thioether (sulfide) groups is 1. The SMILES string of the molecule is O=C(CC1SC(=NC2CCCC2)NC1=O)Nc1cc(Cl)c(Cl)cc1Cl. The second-order valence-corrected chi connectivity index (χ2v) is 8.38. The van der Waals surface area contributed by atoms with Gasteiger partial charge in [0, 0.05) is 6.42 Å². The third kappa shape index (κ3) is 4.82. The molecule has 1 aromatic carbocycles. The fraction of sp³-hybridized carbons (Fsp3) is 0.438. The van der Waals surface area contributed by atoms with Crippen molar-refractivity contribution < 1.29 is 9.59 Å². The molecule has 1 aliphatic carbocycles. The summed E-state index contributed by atoms with van der Waals surface area (Å²) in [6.45, 7) is 0. The quantitative estimate of drug-likeness (QED) is 0.704. The van der Waals surface area contributed by atoms with E-state index in [0.717, 1.165) is 12.8 Å². The monoisotopic (exact) mass is 419 g/mol. The Morgan fingerprint density at radius 3 is 2.60 bits per heavy atom. The normalized spacial score (nSPS) is 22.4. The highest BCUT2D eigenvalue weighted by Crippen LogP contribution is 2.33. The van der Waals surface area contributed by atoms with Crippen LogP contribution in [0.15, 0.2) is 17.1 Å². The first-order valence-electron chi connectivity index (χ1n) is 7.92. The highest BCUT2D eigenvalue weighted by atomic mass is 35.5. The summed E-state index contributed by atoms with van der Waals surface area (Å²) in [5, 5.41) is 6.43. The molecule has 1 aromatic rings. The lowest BCUT2D eigenvalue weighted by atomic mass is 10.2. The van der Waals surface area contributed by atoms with E-state index < -0.39 is 5.25 Å². The van der Waals surface area contributed by atoms with Crippen molar-refractivity contribution in [3.8, 4) is 0 Å². The van der Waals surface area contributed by atoms with Gasteiger partial charge in [0.2, 0.25) is 11.8 Å². The van der Waals surface area contributed by atoms with Crippen molar-refractivity contribution >= 4 is 69.2 Å². The number of carbonyl (C=O) groups is 2. The van der Waals surface area contributed by atoms with Gasteiger partial charge >= 0.3 is 0 Å². The Hall–Kier alpha value is -0.950. The number of carbonyl (C=O) groups excluding carboxylic acids is 2. The molecule has 9 heteroatoms. The molecule has 1 heterocycles. The zero-order valence-corrected chi connectivity index (χ0v) is 16.2. The molecule has 2 N–H and O–H groups in total. The maximum absolute atomic E-state index is 12.2. The molecule has 1 unspecified atom stereocenters. The van der Waals surface area contributed by atoms with Gasteiger partial charge in [-0.3, -0.25) is 14.6 Å². The van der Waals surface area contributed by atoms with Crippen LogP contribution in [0.3, 0.4) is 0 Å². The van der Waals surface area contributed by atoms with E-state index in [2.05, 4.69) is 15.6 Å². The molecule has 0 bridgehead atoms. The average Bonchev–Trinajstić information content (AvgIpc) is 3.16. The van der Waals surface area contributed by atoms with Gasteiger partial charge in [0.15, 0.2) is 5.17 Å². The molecule has 0 radical (unpaired) electrons. The number of benzene rings is 1. The molecule has 1 saturated heterocycles. The van der Waals surface area contributed by atoms with Crippen molar-refractivity contribution in [2.75, 3.05) is 5.32 Å². The first-order chi connectivity index (χ1) is 11.9. The zero-order chi connectivity index (χ0) is 18.0. The highest BCUT2D eigenvalue weighted by molar-refractivity contribution is 8.15. The van der Waals surface area contributed by atoms with Crippen molar-refractivity contribution in [2.24, 2.45) is 4.99 Å². The Balaban J connectivity index is 1.59. The van der Waals surface area contributed by atoms with Gasteiger partial charge in [-0.2, -0.15) is 0 Å². The summed E-state index contributed by atoms with van der Waals surface area (Å²) in [4.78, 5) is 28.9. The number of halogens is 3. The summed E-state index contributed by atoms with van der Waals surface area (Å²) in [6, 6.07) is 3.23. The van der Waals surface area contributed by atoms with Crippen LogP contribution in [0.1, 0.15) is 32.1 Å². The largest absolute Gasteiger partial charge is 0.325 e. The van der Waals surface area contributed by atoms with Crippen LogP contribution in [0, 0.1) is 0 Å². The van der Waals surface area contributed by atoms with Crippen LogP contribution in [0.25, 0.3) is 0 Å². The number of rotatable bonds is 4. The van der Waals surface area contributed by atoms with E-state index >= 15 is 0 Å². The molecule has 2 fully saturated rings. The second-order valence-electron chi connectivity index (χ2n) is 5.97. The van der Waals surface area contributed by atoms with Crippen LogP contribution in [0.2, 0.25) is 15.1 Å². The first kappa shape index (κ1) is 18.8. The molecule has 1 saturated carbocycles. The van der Waals surface area contributed by atoms with E-state index in [-0.39, 0.29) is 29.3 Å². The Morgan fingerprint density at radius 2 is 1.88 bits per heavy atom. The lowest BCUT2D eigenvalue weighted by Crippen LogP contribution is -2.28. The van der Waals surface area contributed by atoms with E-state index in [9.17, 15) is 9.59 Å². The number of hydrogen-bond acceptors (Lipinski definition) is 4. The van der Waals surface area contributed by atoms with Crippen LogP contribution in [0.4, 0.5) is 5.69 Å². The van der Waals surface area contributed by atoms with E-state index in [0.29, 0.717) is 20.9 Å². The predicted octanol–water partition coefficient (Wildman–Crippen LogP) is 4.51. The van der Waals surface area contributed by atoms with Gasteiger partial charge in [0.1, 0.15) is 5.25 Å². The molecule has 25 heavy (non-hydrogen) atoms. The number of nitrogens with zero attached hydrogens (tertiary/aromatic N) is 1. The van der Waals surface area contributed by atoms with Crippen molar-refractivity contribution in [2.45, 2.75) is 43.4 Å². The Labute approximate surface area is 164 Å². The van der Waals surface area contributed by atoms with Gasteiger partial charge in [0.05, 0.1) is 26.8 Å². The van der Waals surface area contributed by atoms with Gasteiger partial charge < -0.3 is 10.6 Å². The molecular weight excluding hydrogens is 405 g/mol. The number of nitrogens with one attached hydrogen (secondary N) is 2. The van der Waals surface area contributed by atoms with E-state index in [1.807, 2.05) is 0 Å². The minimum atomic E-state index is -0.498. The minimum absolute atomic E-state index is 0.0246. The van der Waals surface area contributed by atoms with Gasteiger partial charge in [-0.15, -0.1) is 0 Å². The number of hydrogen-bond donors (Lipinski definition) is 2. The maximum atomic E-state index is 12.2. The molecule has 2 amide bonds. The van der Waals surface area contributed by atoms with Gasteiger partial charge in [-0.25, -0.2) is 0 Å². The topological polar surface area (TPSA) is 70.6 Å². The fourth-order valence-corrected chi connectivity index (χ4v) is 4.42. The lowest BCUT2D eigenvalue weighted by Gasteiger charge is -2.10. The lowest BCUT2D eigenvalue weighted by molar-refractivity contribution is -0.122. The van der Waals surface area contributed by atoms with Crippen LogP contribution in [0.5, 0.6) is 0 Å². The summed E-state index contributed by atoms with van der Waals surface area (Å²) < 4.78 is 0. The standard InChI is InChI=1S/C16H16Cl3N3O2S/c17-9-5-11(19)12(6-10(9)18)21-14(23)7-13-15(24)22-16(25-13)20-8-3-1-2-4-8/h5-6,8,13H,1-4,7H2,(H,21,23)(H,20,22,24). The smallest absolute Gasteiger partial charge is 0.240 e. The number of amidine groups is 1. The third-order valence-electron chi connectivity index (χ3n) is 4.06. The fourth-order valence-electron chi connectivity index (χ4n) is 2.79. The molecule has 5 nitrogen and oxygen atoms in total. The summed E-state index contributed by atoms with van der Waals surface area (Å²) >= 11 is 19.2. The molecule has 0 aromatic heterocycles. The van der Waals surface area contributed by atoms with Crippen LogP contribution >= 0.6 is 46.6 Å². The van der Waals surface area contributed by atoms with Crippen LogP contribution in [-0.4, -0.2) is 28.3 Å². The average molecular weight is 421 g/mol. The van der Waals surface area contributed by atoms with E-state index in [1.165, 1.54) is 36.7 Å². The van der Waals surface area contributed by atoms with Crippen molar-refractivity contribution in [3.63, 3.8) is 0 Å². The number of anilines is 1. The predicted molar refractivity (Wildman–Crippen MR) is 104 cm³/mol. The Kier molecular flexibility index (Phi) is 6.15. The molecular formula is C16H16Cl3N3O2S. The van der Waals surface area contributed by atoms with Gasteiger partial charge in [-0.1, -0.05) is 59.4 Å². The summed E-state index contributed by atoms with van der Waals surface area (Å²) in [7, 11) is 0. The van der Waals surface area contributed by atoms with Crippen LogP contribution in [-0.2, 0) is 9.59 Å². The summed E-state index contributed by atoms with van der Waals surface area (Å²) in [6.07, 6.45) is 4.49. The second kappa shape index (κ2) is 8.16. The maximum Gasteiger partial charge on any atom is 0.240 e. The van der Waals surface area contributed by atoms with Crippen molar-refractivity contribution in [3.05, 3.63) is 27.2 Å². The van der Waals surface area contributed by atoms with Crippen molar-refractivity contribution in [1.82, 2.24) is 5.32 Å². The Bertz CT molecular complexity index is 736. The molecule has 2 aliphatic rings. The third-order valence-corrected chi connectivity index (χ3v) is 6.19. The van der Waals surface area contributed by atoms with E-state index in [4.69, 9.17) is 34.8 Å². The molecule has 0 spiro atoms. The van der Waals surface area contributed by atoms with Gasteiger partial charge in [-0.05, 0) is 25.0 Å². The van der Waals surface area contributed by atoms with Crippen molar-refractivity contribution in [1.29, 1.82) is 0 Å². The Morgan fingerprint density at radius 1 is 1.20 bits per heavy atom. The highest BCUT2D eigenvalue weighted by Gasteiger charge is 2.33. The van der Waals surface area contributed by atoms with E-state index in [1.54, 1.807) is 0 Å².